The molecule has 0 aliphatic carbocycles. The maximum absolute atomic E-state index is 13.1. The van der Waals surface area contributed by atoms with Crippen LogP contribution in [-0.2, 0) is 11.3 Å². The first-order chi connectivity index (χ1) is 16.8. The van der Waals surface area contributed by atoms with Crippen LogP contribution >= 0.6 is 11.8 Å². The Balaban J connectivity index is 1.44. The molecule has 1 fully saturated rings. The summed E-state index contributed by atoms with van der Waals surface area (Å²) < 4.78 is 1.69. The van der Waals surface area contributed by atoms with Crippen molar-refractivity contribution in [3.63, 3.8) is 0 Å². The van der Waals surface area contributed by atoms with E-state index in [2.05, 4.69) is 13.8 Å². The maximum Gasteiger partial charge on any atom is 0.292 e. The SMILES string of the molecule is CC(C)CCn1c(SCC(=O)N2CCN(c3ccccc3[N+](=O)[O-])CC2)nc2ccccc2c1=O. The third-order valence-corrected chi connectivity index (χ3v) is 7.09. The summed E-state index contributed by atoms with van der Waals surface area (Å²) in [5.74, 6) is 0.581. The van der Waals surface area contributed by atoms with Crippen LogP contribution in [0.2, 0.25) is 0 Å². The van der Waals surface area contributed by atoms with E-state index in [-0.39, 0.29) is 27.8 Å². The molecule has 0 unspecified atom stereocenters. The summed E-state index contributed by atoms with van der Waals surface area (Å²) in [5.41, 5.74) is 1.20. The van der Waals surface area contributed by atoms with E-state index in [4.69, 9.17) is 4.98 Å². The molecule has 1 amide bonds. The van der Waals surface area contributed by atoms with Gasteiger partial charge in [-0.3, -0.25) is 24.3 Å². The van der Waals surface area contributed by atoms with Gasteiger partial charge in [-0.1, -0.05) is 49.9 Å². The normalized spacial score (nSPS) is 14.0. The van der Waals surface area contributed by atoms with Gasteiger partial charge >= 0.3 is 0 Å². The van der Waals surface area contributed by atoms with Gasteiger partial charge in [0.1, 0.15) is 5.69 Å². The predicted molar refractivity (Wildman–Crippen MR) is 138 cm³/mol. The Hall–Kier alpha value is -3.40. The fourth-order valence-electron chi connectivity index (χ4n) is 4.14. The minimum atomic E-state index is -0.376. The van der Waals surface area contributed by atoms with Gasteiger partial charge in [0.25, 0.3) is 11.2 Å². The highest BCUT2D eigenvalue weighted by molar-refractivity contribution is 7.99. The molecule has 1 aliphatic rings. The quantitative estimate of drug-likeness (QED) is 0.203. The Bertz CT molecular complexity index is 1280. The maximum atomic E-state index is 13.1. The molecule has 35 heavy (non-hydrogen) atoms. The first kappa shape index (κ1) is 24.7. The molecule has 10 heteroatoms. The highest BCUT2D eigenvalue weighted by Gasteiger charge is 2.26. The number of carbonyl (C=O) groups excluding carboxylic acids is 1. The van der Waals surface area contributed by atoms with E-state index < -0.39 is 0 Å². The third kappa shape index (κ3) is 5.64. The summed E-state index contributed by atoms with van der Waals surface area (Å²) >= 11 is 1.29. The minimum absolute atomic E-state index is 0.0324. The van der Waals surface area contributed by atoms with Crippen LogP contribution < -0.4 is 10.5 Å². The number of nitro groups is 1. The number of carbonyl (C=O) groups is 1. The molecule has 184 valence electrons. The molecule has 1 aliphatic heterocycles. The van der Waals surface area contributed by atoms with Crippen LogP contribution in [0.3, 0.4) is 0 Å². The summed E-state index contributed by atoms with van der Waals surface area (Å²) in [6.45, 7) is 6.79. The molecule has 3 aromatic rings. The molecule has 1 saturated heterocycles. The van der Waals surface area contributed by atoms with Crippen molar-refractivity contribution in [2.45, 2.75) is 32.0 Å². The highest BCUT2D eigenvalue weighted by Crippen LogP contribution is 2.28. The number of hydrogen-bond acceptors (Lipinski definition) is 7. The van der Waals surface area contributed by atoms with Crippen LogP contribution in [0.25, 0.3) is 10.9 Å². The van der Waals surface area contributed by atoms with E-state index in [1.807, 2.05) is 23.1 Å². The van der Waals surface area contributed by atoms with E-state index in [0.717, 1.165) is 6.42 Å². The number of thioether (sulfide) groups is 1. The number of amides is 1. The number of fused-ring (bicyclic) bond motifs is 1. The van der Waals surface area contributed by atoms with Crippen LogP contribution in [0, 0.1) is 16.0 Å². The summed E-state index contributed by atoms with van der Waals surface area (Å²) in [7, 11) is 0. The Kier molecular flexibility index (Phi) is 7.70. The predicted octanol–water partition coefficient (Wildman–Crippen LogP) is 3.79. The van der Waals surface area contributed by atoms with Crippen LogP contribution in [-0.4, -0.2) is 57.2 Å². The Morgan fingerprint density at radius 3 is 2.49 bits per heavy atom. The average molecular weight is 496 g/mol. The van der Waals surface area contributed by atoms with Crippen molar-refractivity contribution < 1.29 is 9.72 Å². The number of rotatable bonds is 8. The zero-order valence-electron chi connectivity index (χ0n) is 19.9. The molecular weight excluding hydrogens is 466 g/mol. The highest BCUT2D eigenvalue weighted by atomic mass is 32.2. The van der Waals surface area contributed by atoms with E-state index in [0.29, 0.717) is 60.4 Å². The lowest BCUT2D eigenvalue weighted by Crippen LogP contribution is -2.49. The van der Waals surface area contributed by atoms with Gasteiger partial charge in [-0.25, -0.2) is 4.98 Å². The molecule has 0 bridgehead atoms. The standard InChI is InChI=1S/C25H29N5O4S/c1-18(2)11-12-29-24(32)19-7-3-4-8-20(19)26-25(29)35-17-23(31)28-15-13-27(14-16-28)21-9-5-6-10-22(21)30(33)34/h3-10,18H,11-17H2,1-2H3. The second kappa shape index (κ2) is 10.9. The number of para-hydroxylation sites is 3. The Morgan fingerprint density at radius 2 is 1.77 bits per heavy atom. The molecule has 1 aromatic heterocycles. The Morgan fingerprint density at radius 1 is 1.09 bits per heavy atom. The smallest absolute Gasteiger partial charge is 0.292 e. The van der Waals surface area contributed by atoms with Crippen LogP contribution in [0.1, 0.15) is 20.3 Å². The fourth-order valence-corrected chi connectivity index (χ4v) is 5.07. The van der Waals surface area contributed by atoms with E-state index >= 15 is 0 Å². The largest absolute Gasteiger partial charge is 0.362 e. The molecule has 2 aromatic carbocycles. The summed E-state index contributed by atoms with van der Waals surface area (Å²) in [6.07, 6.45) is 0.842. The molecule has 0 N–H and O–H groups in total. The molecule has 2 heterocycles. The van der Waals surface area contributed by atoms with E-state index in [1.165, 1.54) is 17.8 Å². The van der Waals surface area contributed by atoms with Crippen molar-refractivity contribution in [3.05, 3.63) is 69.0 Å². The first-order valence-electron chi connectivity index (χ1n) is 11.7. The number of piperazine rings is 1. The number of nitrogens with zero attached hydrogens (tertiary/aromatic N) is 5. The van der Waals surface area contributed by atoms with Crippen molar-refractivity contribution in [1.82, 2.24) is 14.5 Å². The van der Waals surface area contributed by atoms with Gasteiger partial charge in [0.05, 0.1) is 21.6 Å². The Labute approximate surface area is 207 Å². The molecule has 0 saturated carbocycles. The van der Waals surface area contributed by atoms with E-state index in [9.17, 15) is 19.7 Å². The number of aromatic nitrogens is 2. The zero-order chi connectivity index (χ0) is 24.9. The topological polar surface area (TPSA) is 102 Å². The summed E-state index contributed by atoms with van der Waals surface area (Å²) in [6, 6.07) is 14.0. The van der Waals surface area contributed by atoms with Crippen molar-refractivity contribution in [3.8, 4) is 0 Å². The number of benzene rings is 2. The van der Waals surface area contributed by atoms with Gasteiger partial charge in [0, 0.05) is 38.8 Å². The van der Waals surface area contributed by atoms with Crippen LogP contribution in [0.5, 0.6) is 0 Å². The van der Waals surface area contributed by atoms with Gasteiger partial charge in [-0.05, 0) is 30.5 Å². The number of anilines is 1. The fraction of sp³-hybridized carbons (Fsp3) is 0.400. The minimum Gasteiger partial charge on any atom is -0.362 e. The molecule has 0 atom stereocenters. The zero-order valence-corrected chi connectivity index (χ0v) is 20.7. The van der Waals surface area contributed by atoms with Gasteiger partial charge in [0.2, 0.25) is 5.91 Å². The van der Waals surface area contributed by atoms with Gasteiger partial charge in [-0.15, -0.1) is 0 Å². The van der Waals surface area contributed by atoms with Crippen LogP contribution in [0.4, 0.5) is 11.4 Å². The summed E-state index contributed by atoms with van der Waals surface area (Å²) in [4.78, 5) is 45.5. The van der Waals surface area contributed by atoms with Gasteiger partial charge in [-0.2, -0.15) is 0 Å². The van der Waals surface area contributed by atoms with Crippen molar-refractivity contribution in [2.75, 3.05) is 36.8 Å². The van der Waals surface area contributed by atoms with Crippen molar-refractivity contribution in [1.29, 1.82) is 0 Å². The van der Waals surface area contributed by atoms with Crippen molar-refractivity contribution in [2.24, 2.45) is 5.92 Å². The van der Waals surface area contributed by atoms with Crippen molar-refractivity contribution >= 4 is 39.9 Å². The monoisotopic (exact) mass is 495 g/mol. The van der Waals surface area contributed by atoms with E-state index in [1.54, 1.807) is 33.7 Å². The van der Waals surface area contributed by atoms with Crippen LogP contribution in [0.15, 0.2) is 58.5 Å². The number of hydrogen-bond donors (Lipinski definition) is 0. The molecular formula is C25H29N5O4S. The number of nitro benzene ring substituents is 1. The molecule has 9 nitrogen and oxygen atoms in total. The lowest BCUT2D eigenvalue weighted by Gasteiger charge is -2.35. The second-order valence-electron chi connectivity index (χ2n) is 8.95. The lowest BCUT2D eigenvalue weighted by molar-refractivity contribution is -0.384. The molecule has 0 radical (unpaired) electrons. The lowest BCUT2D eigenvalue weighted by atomic mass is 10.1. The molecule has 4 rings (SSSR count). The average Bonchev–Trinajstić information content (AvgIpc) is 2.86. The molecule has 0 spiro atoms. The third-order valence-electron chi connectivity index (χ3n) is 6.13. The second-order valence-corrected chi connectivity index (χ2v) is 9.90. The summed E-state index contributed by atoms with van der Waals surface area (Å²) in [5, 5.41) is 12.5. The first-order valence-corrected chi connectivity index (χ1v) is 12.7. The van der Waals surface area contributed by atoms with Gasteiger partial charge < -0.3 is 9.80 Å². The van der Waals surface area contributed by atoms with Gasteiger partial charge in [0.15, 0.2) is 5.16 Å².